The SMILES string of the molecule is Fc1cc(Br)ccc1-c1ccc(C2C(c3ccccn3)NC(=S)N2c2ccc(N3CCOCC3)cc2)o1. The van der Waals surface area contributed by atoms with Gasteiger partial charge >= 0.3 is 0 Å². The molecule has 4 aromatic rings. The first-order valence-electron chi connectivity index (χ1n) is 12.1. The quantitative estimate of drug-likeness (QED) is 0.280. The number of halogens is 2. The van der Waals surface area contributed by atoms with Crippen molar-refractivity contribution in [1.29, 1.82) is 0 Å². The van der Waals surface area contributed by atoms with Gasteiger partial charge in [-0.1, -0.05) is 22.0 Å². The Balaban J connectivity index is 1.38. The van der Waals surface area contributed by atoms with Crippen LogP contribution in [0.1, 0.15) is 23.5 Å². The van der Waals surface area contributed by atoms with Crippen molar-refractivity contribution in [3.8, 4) is 11.3 Å². The predicted molar refractivity (Wildman–Crippen MR) is 149 cm³/mol. The summed E-state index contributed by atoms with van der Waals surface area (Å²) in [6.45, 7) is 3.20. The molecular formula is C28H24BrFN4O2S. The molecule has 2 aliphatic heterocycles. The van der Waals surface area contributed by atoms with Crippen LogP contribution >= 0.6 is 28.1 Å². The molecule has 6 rings (SSSR count). The van der Waals surface area contributed by atoms with E-state index in [1.807, 2.05) is 24.3 Å². The van der Waals surface area contributed by atoms with E-state index in [4.69, 9.17) is 21.4 Å². The Bertz CT molecular complexity index is 1410. The number of hydrogen-bond donors (Lipinski definition) is 1. The van der Waals surface area contributed by atoms with Crippen molar-refractivity contribution < 1.29 is 13.5 Å². The molecule has 2 fully saturated rings. The molecule has 6 nitrogen and oxygen atoms in total. The third-order valence-electron chi connectivity index (χ3n) is 6.72. The highest BCUT2D eigenvalue weighted by molar-refractivity contribution is 9.10. The van der Waals surface area contributed by atoms with Crippen molar-refractivity contribution in [3.05, 3.63) is 101 Å². The minimum absolute atomic E-state index is 0.249. The number of morpholine rings is 1. The van der Waals surface area contributed by atoms with Gasteiger partial charge in [0.05, 0.1) is 30.5 Å². The topological polar surface area (TPSA) is 53.8 Å². The average Bonchev–Trinajstić information content (AvgIpc) is 3.54. The standard InChI is InChI=1S/C28H24BrFN4O2S/c29-18-4-9-21(22(30)17-18)24-10-11-25(36-24)27-26(23-3-1-2-12-31-23)32-28(37)34(27)20-7-5-19(6-8-20)33-13-15-35-16-14-33/h1-12,17,26-27H,13-16H2,(H,32,37). The maximum atomic E-state index is 14.7. The lowest BCUT2D eigenvalue weighted by Gasteiger charge is -2.30. The summed E-state index contributed by atoms with van der Waals surface area (Å²) in [7, 11) is 0. The maximum absolute atomic E-state index is 14.7. The van der Waals surface area contributed by atoms with E-state index in [0.29, 0.717) is 26.7 Å². The highest BCUT2D eigenvalue weighted by Gasteiger charge is 2.42. The predicted octanol–water partition coefficient (Wildman–Crippen LogP) is 6.26. The number of hydrogen-bond acceptors (Lipinski definition) is 5. The molecule has 4 heterocycles. The van der Waals surface area contributed by atoms with Crippen molar-refractivity contribution in [1.82, 2.24) is 10.3 Å². The molecule has 1 N–H and O–H groups in total. The Morgan fingerprint density at radius 1 is 0.973 bits per heavy atom. The van der Waals surface area contributed by atoms with Crippen LogP contribution in [0.15, 0.2) is 87.9 Å². The fourth-order valence-corrected chi connectivity index (χ4v) is 5.59. The molecule has 0 spiro atoms. The summed E-state index contributed by atoms with van der Waals surface area (Å²) in [6, 6.07) is 22.2. The fraction of sp³-hybridized carbons (Fsp3) is 0.214. The molecular weight excluding hydrogens is 555 g/mol. The second kappa shape index (κ2) is 10.2. The van der Waals surface area contributed by atoms with Gasteiger partial charge < -0.3 is 24.3 Å². The van der Waals surface area contributed by atoms with Crippen molar-refractivity contribution >= 4 is 44.6 Å². The summed E-state index contributed by atoms with van der Waals surface area (Å²) < 4.78 is 27.2. The van der Waals surface area contributed by atoms with Crippen LogP contribution in [0, 0.1) is 5.82 Å². The van der Waals surface area contributed by atoms with E-state index < -0.39 is 0 Å². The van der Waals surface area contributed by atoms with Gasteiger partial charge in [-0.15, -0.1) is 0 Å². The van der Waals surface area contributed by atoms with Crippen molar-refractivity contribution in [2.75, 3.05) is 36.1 Å². The normalized spacial score (nSPS) is 19.8. The maximum Gasteiger partial charge on any atom is 0.174 e. The smallest absolute Gasteiger partial charge is 0.174 e. The van der Waals surface area contributed by atoms with E-state index in [0.717, 1.165) is 43.4 Å². The number of pyridine rings is 1. The van der Waals surface area contributed by atoms with Gasteiger partial charge in [-0.2, -0.15) is 0 Å². The average molecular weight is 579 g/mol. The Labute approximate surface area is 228 Å². The van der Waals surface area contributed by atoms with Gasteiger partial charge in [0, 0.05) is 35.1 Å². The molecule has 2 aromatic heterocycles. The van der Waals surface area contributed by atoms with Gasteiger partial charge in [-0.05, 0) is 78.9 Å². The fourth-order valence-electron chi connectivity index (χ4n) is 4.91. The highest BCUT2D eigenvalue weighted by Crippen LogP contribution is 2.43. The number of furan rings is 1. The first-order valence-corrected chi connectivity index (χ1v) is 13.3. The van der Waals surface area contributed by atoms with Crippen molar-refractivity contribution in [2.45, 2.75) is 12.1 Å². The molecule has 2 atom stereocenters. The summed E-state index contributed by atoms with van der Waals surface area (Å²) in [4.78, 5) is 8.96. The number of rotatable bonds is 5. The van der Waals surface area contributed by atoms with Crippen LogP contribution in [0.4, 0.5) is 15.8 Å². The van der Waals surface area contributed by atoms with E-state index in [1.165, 1.54) is 6.07 Å². The summed E-state index contributed by atoms with van der Waals surface area (Å²) in [5, 5.41) is 4.02. The molecule has 0 saturated carbocycles. The number of benzene rings is 2. The second-order valence-corrected chi connectivity index (χ2v) is 10.2. The van der Waals surface area contributed by atoms with Crippen LogP contribution in [0.2, 0.25) is 0 Å². The first kappa shape index (κ1) is 24.1. The molecule has 0 aliphatic carbocycles. The Morgan fingerprint density at radius 3 is 2.49 bits per heavy atom. The molecule has 0 bridgehead atoms. The zero-order chi connectivity index (χ0) is 25.4. The van der Waals surface area contributed by atoms with Crippen molar-refractivity contribution in [3.63, 3.8) is 0 Å². The Morgan fingerprint density at radius 2 is 1.76 bits per heavy atom. The monoisotopic (exact) mass is 578 g/mol. The second-order valence-electron chi connectivity index (χ2n) is 8.94. The first-order chi connectivity index (χ1) is 18.1. The minimum atomic E-state index is -0.354. The van der Waals surface area contributed by atoms with E-state index in [1.54, 1.807) is 24.4 Å². The zero-order valence-electron chi connectivity index (χ0n) is 19.8. The largest absolute Gasteiger partial charge is 0.459 e. The molecule has 2 aliphatic rings. The van der Waals surface area contributed by atoms with Crippen LogP contribution in [-0.2, 0) is 4.74 Å². The van der Waals surface area contributed by atoms with Gasteiger partial charge in [0.15, 0.2) is 5.11 Å². The number of ether oxygens (including phenoxy) is 1. The molecule has 0 radical (unpaired) electrons. The lowest BCUT2D eigenvalue weighted by Crippen LogP contribution is -2.36. The van der Waals surface area contributed by atoms with E-state index in [-0.39, 0.29) is 17.9 Å². The molecule has 188 valence electrons. The summed E-state index contributed by atoms with van der Waals surface area (Å²) in [5.74, 6) is 0.768. The third kappa shape index (κ3) is 4.74. The third-order valence-corrected chi connectivity index (χ3v) is 7.52. The molecule has 37 heavy (non-hydrogen) atoms. The number of anilines is 2. The lowest BCUT2D eigenvalue weighted by atomic mass is 10.0. The van der Waals surface area contributed by atoms with Gasteiger partial charge in [0.25, 0.3) is 0 Å². The lowest BCUT2D eigenvalue weighted by molar-refractivity contribution is 0.122. The van der Waals surface area contributed by atoms with Gasteiger partial charge in [0.2, 0.25) is 0 Å². The zero-order valence-corrected chi connectivity index (χ0v) is 22.2. The Hall–Kier alpha value is -3.27. The molecule has 2 aromatic carbocycles. The summed E-state index contributed by atoms with van der Waals surface area (Å²) in [5.41, 5.74) is 3.33. The molecule has 0 amide bonds. The molecule has 9 heteroatoms. The number of nitrogens with zero attached hydrogens (tertiary/aromatic N) is 3. The molecule has 2 unspecified atom stereocenters. The summed E-state index contributed by atoms with van der Waals surface area (Å²) in [6.07, 6.45) is 1.77. The number of aromatic nitrogens is 1. The van der Waals surface area contributed by atoms with Crippen LogP contribution in [0.3, 0.4) is 0 Å². The molecule has 2 saturated heterocycles. The van der Waals surface area contributed by atoms with Crippen LogP contribution in [0.25, 0.3) is 11.3 Å². The van der Waals surface area contributed by atoms with E-state index >= 15 is 0 Å². The van der Waals surface area contributed by atoms with Gasteiger partial charge in [-0.3, -0.25) is 4.98 Å². The van der Waals surface area contributed by atoms with E-state index in [9.17, 15) is 4.39 Å². The van der Waals surface area contributed by atoms with E-state index in [2.05, 4.69) is 60.3 Å². The highest BCUT2D eigenvalue weighted by atomic mass is 79.9. The van der Waals surface area contributed by atoms with Crippen LogP contribution in [-0.4, -0.2) is 36.4 Å². The van der Waals surface area contributed by atoms with Gasteiger partial charge in [0.1, 0.15) is 23.4 Å². The number of thiocarbonyl (C=S) groups is 1. The van der Waals surface area contributed by atoms with Crippen LogP contribution in [0.5, 0.6) is 0 Å². The minimum Gasteiger partial charge on any atom is -0.459 e. The van der Waals surface area contributed by atoms with Crippen LogP contribution < -0.4 is 15.1 Å². The van der Waals surface area contributed by atoms with Gasteiger partial charge in [-0.25, -0.2) is 4.39 Å². The summed E-state index contributed by atoms with van der Waals surface area (Å²) >= 11 is 9.14. The number of nitrogens with one attached hydrogen (secondary N) is 1. The Kier molecular flexibility index (Phi) is 6.67. The van der Waals surface area contributed by atoms with Crippen molar-refractivity contribution in [2.24, 2.45) is 0 Å².